The standard InChI is InChI=1S/C19H19F2NO3/c1-2-3-4-11-25-13-7-5-12(6-8-13)19(24)14-9-10-15(20)16(21)17(14)22-18(19)23/h5-10,24H,2-4,11H2,1H3,(H,22,23). The number of nitrogens with one attached hydrogen (secondary N) is 1. The first-order valence-electron chi connectivity index (χ1n) is 8.24. The number of anilines is 1. The number of aliphatic hydroxyl groups is 1. The number of hydrogen-bond acceptors (Lipinski definition) is 3. The number of ether oxygens (including phenoxy) is 1. The predicted molar refractivity (Wildman–Crippen MR) is 89.4 cm³/mol. The van der Waals surface area contributed by atoms with Gasteiger partial charge >= 0.3 is 0 Å². The summed E-state index contributed by atoms with van der Waals surface area (Å²) in [4.78, 5) is 12.3. The van der Waals surface area contributed by atoms with E-state index < -0.39 is 23.1 Å². The zero-order chi connectivity index (χ0) is 18.0. The monoisotopic (exact) mass is 347 g/mol. The van der Waals surface area contributed by atoms with Gasteiger partial charge in [-0.25, -0.2) is 8.78 Å². The second kappa shape index (κ2) is 6.80. The number of carbonyl (C=O) groups is 1. The molecule has 0 fully saturated rings. The number of amides is 1. The first-order chi connectivity index (χ1) is 12.0. The molecule has 2 aromatic carbocycles. The summed E-state index contributed by atoms with van der Waals surface area (Å²) in [5.41, 5.74) is -2.14. The molecule has 25 heavy (non-hydrogen) atoms. The van der Waals surface area contributed by atoms with Crippen molar-refractivity contribution in [3.63, 3.8) is 0 Å². The van der Waals surface area contributed by atoms with Crippen LogP contribution in [0.25, 0.3) is 0 Å². The molecule has 1 heterocycles. The Balaban J connectivity index is 1.87. The molecule has 2 N–H and O–H groups in total. The van der Waals surface area contributed by atoms with E-state index in [-0.39, 0.29) is 16.8 Å². The molecular formula is C19H19F2NO3. The summed E-state index contributed by atoms with van der Waals surface area (Å²) in [6, 6.07) is 8.48. The second-order valence-corrected chi connectivity index (χ2v) is 6.03. The van der Waals surface area contributed by atoms with Crippen molar-refractivity contribution in [2.45, 2.75) is 31.8 Å². The molecule has 4 nitrogen and oxygen atoms in total. The smallest absolute Gasteiger partial charge is 0.265 e. The Morgan fingerprint density at radius 2 is 1.84 bits per heavy atom. The lowest BCUT2D eigenvalue weighted by molar-refractivity contribution is -0.129. The van der Waals surface area contributed by atoms with E-state index >= 15 is 0 Å². The van der Waals surface area contributed by atoms with Gasteiger partial charge in [0.15, 0.2) is 17.2 Å². The zero-order valence-corrected chi connectivity index (χ0v) is 13.8. The van der Waals surface area contributed by atoms with Crippen LogP contribution >= 0.6 is 0 Å². The molecule has 0 spiro atoms. The number of benzene rings is 2. The fraction of sp³-hybridized carbons (Fsp3) is 0.316. The van der Waals surface area contributed by atoms with Crippen molar-refractivity contribution in [1.82, 2.24) is 0 Å². The Morgan fingerprint density at radius 3 is 2.52 bits per heavy atom. The fourth-order valence-corrected chi connectivity index (χ4v) is 2.92. The topological polar surface area (TPSA) is 58.6 Å². The van der Waals surface area contributed by atoms with Crippen molar-refractivity contribution in [1.29, 1.82) is 0 Å². The van der Waals surface area contributed by atoms with E-state index in [0.717, 1.165) is 25.3 Å². The highest BCUT2D eigenvalue weighted by molar-refractivity contribution is 6.07. The SMILES string of the molecule is CCCCCOc1ccc(C2(O)C(=O)Nc3c2ccc(F)c3F)cc1. The van der Waals surface area contributed by atoms with Crippen molar-refractivity contribution in [2.75, 3.05) is 11.9 Å². The summed E-state index contributed by atoms with van der Waals surface area (Å²) in [5, 5.41) is 13.1. The van der Waals surface area contributed by atoms with Gasteiger partial charge in [-0.05, 0) is 30.2 Å². The third kappa shape index (κ3) is 2.98. The molecule has 1 aliphatic rings. The number of carbonyl (C=O) groups excluding carboxylic acids is 1. The Morgan fingerprint density at radius 1 is 1.12 bits per heavy atom. The van der Waals surface area contributed by atoms with Crippen molar-refractivity contribution >= 4 is 11.6 Å². The van der Waals surface area contributed by atoms with Crippen molar-refractivity contribution < 1.29 is 23.4 Å². The van der Waals surface area contributed by atoms with Gasteiger partial charge in [0.2, 0.25) is 0 Å². The van der Waals surface area contributed by atoms with Crippen LogP contribution in [0.15, 0.2) is 36.4 Å². The van der Waals surface area contributed by atoms with Gasteiger partial charge in [0, 0.05) is 5.56 Å². The molecule has 0 bridgehead atoms. The van der Waals surface area contributed by atoms with E-state index in [4.69, 9.17) is 4.74 Å². The first-order valence-corrected chi connectivity index (χ1v) is 8.24. The molecule has 1 amide bonds. The van der Waals surface area contributed by atoms with E-state index in [2.05, 4.69) is 12.2 Å². The fourth-order valence-electron chi connectivity index (χ4n) is 2.92. The van der Waals surface area contributed by atoms with Gasteiger partial charge in [0.25, 0.3) is 5.91 Å². The van der Waals surface area contributed by atoms with E-state index in [1.54, 1.807) is 24.3 Å². The minimum atomic E-state index is -2.06. The molecular weight excluding hydrogens is 328 g/mol. The minimum Gasteiger partial charge on any atom is -0.494 e. The van der Waals surface area contributed by atoms with Crippen LogP contribution in [0, 0.1) is 11.6 Å². The molecule has 0 aliphatic carbocycles. The van der Waals surface area contributed by atoms with Gasteiger partial charge in [-0.1, -0.05) is 38.0 Å². The lowest BCUT2D eigenvalue weighted by Gasteiger charge is -2.21. The van der Waals surface area contributed by atoms with Crippen LogP contribution in [0.1, 0.15) is 37.3 Å². The highest BCUT2D eigenvalue weighted by Gasteiger charge is 2.48. The molecule has 2 aromatic rings. The van der Waals surface area contributed by atoms with Crippen LogP contribution in [0.5, 0.6) is 5.75 Å². The van der Waals surface area contributed by atoms with Crippen molar-refractivity contribution in [3.05, 3.63) is 59.2 Å². The molecule has 132 valence electrons. The van der Waals surface area contributed by atoms with Gasteiger partial charge in [0.05, 0.1) is 12.3 Å². The normalized spacial score (nSPS) is 18.8. The molecule has 0 saturated heterocycles. The minimum absolute atomic E-state index is 0.00647. The number of halogens is 2. The lowest BCUT2D eigenvalue weighted by atomic mass is 9.87. The Bertz CT molecular complexity index is 792. The third-order valence-electron chi connectivity index (χ3n) is 4.34. The van der Waals surface area contributed by atoms with Crippen molar-refractivity contribution in [2.24, 2.45) is 0 Å². The number of hydrogen-bond donors (Lipinski definition) is 2. The van der Waals surface area contributed by atoms with Crippen LogP contribution < -0.4 is 10.1 Å². The Kier molecular flexibility index (Phi) is 4.72. The number of fused-ring (bicyclic) bond motifs is 1. The third-order valence-corrected chi connectivity index (χ3v) is 4.34. The van der Waals surface area contributed by atoms with Gasteiger partial charge in [-0.2, -0.15) is 0 Å². The summed E-state index contributed by atoms with van der Waals surface area (Å²) in [6.07, 6.45) is 3.13. The van der Waals surface area contributed by atoms with E-state index in [1.807, 2.05) is 0 Å². The van der Waals surface area contributed by atoms with Gasteiger partial charge < -0.3 is 15.2 Å². The lowest BCUT2D eigenvalue weighted by Crippen LogP contribution is -2.35. The van der Waals surface area contributed by atoms with Gasteiger partial charge in [0.1, 0.15) is 5.75 Å². The van der Waals surface area contributed by atoms with Gasteiger partial charge in [-0.15, -0.1) is 0 Å². The maximum atomic E-state index is 13.9. The average Bonchev–Trinajstić information content (AvgIpc) is 2.88. The van der Waals surface area contributed by atoms with Gasteiger partial charge in [-0.3, -0.25) is 4.79 Å². The Labute approximate surface area is 144 Å². The van der Waals surface area contributed by atoms with Crippen LogP contribution in [-0.4, -0.2) is 17.6 Å². The average molecular weight is 347 g/mol. The first kappa shape index (κ1) is 17.4. The Hall–Kier alpha value is -2.47. The molecule has 1 aliphatic heterocycles. The summed E-state index contributed by atoms with van der Waals surface area (Å²) >= 11 is 0. The number of unbranched alkanes of at least 4 members (excludes halogenated alkanes) is 2. The second-order valence-electron chi connectivity index (χ2n) is 6.03. The maximum absolute atomic E-state index is 13.9. The van der Waals surface area contributed by atoms with E-state index in [9.17, 15) is 18.7 Å². The van der Waals surface area contributed by atoms with Crippen LogP contribution in [0.4, 0.5) is 14.5 Å². The summed E-state index contributed by atoms with van der Waals surface area (Å²) in [5.74, 6) is -2.47. The maximum Gasteiger partial charge on any atom is 0.265 e. The predicted octanol–water partition coefficient (Wildman–Crippen LogP) is 3.72. The number of rotatable bonds is 6. The van der Waals surface area contributed by atoms with Crippen LogP contribution in [-0.2, 0) is 10.4 Å². The van der Waals surface area contributed by atoms with Crippen LogP contribution in [0.2, 0.25) is 0 Å². The molecule has 3 rings (SSSR count). The molecule has 0 aromatic heterocycles. The summed E-state index contributed by atoms with van der Waals surface area (Å²) in [7, 11) is 0. The molecule has 1 unspecified atom stereocenters. The van der Waals surface area contributed by atoms with Crippen molar-refractivity contribution in [3.8, 4) is 5.75 Å². The van der Waals surface area contributed by atoms with Crippen LogP contribution in [0.3, 0.4) is 0 Å². The summed E-state index contributed by atoms with van der Waals surface area (Å²) < 4.78 is 32.8. The molecule has 1 atom stereocenters. The largest absolute Gasteiger partial charge is 0.494 e. The highest BCUT2D eigenvalue weighted by atomic mass is 19.2. The zero-order valence-electron chi connectivity index (χ0n) is 13.8. The molecule has 0 radical (unpaired) electrons. The molecule has 0 saturated carbocycles. The van der Waals surface area contributed by atoms with E-state index in [1.165, 1.54) is 6.07 Å². The highest BCUT2D eigenvalue weighted by Crippen LogP contribution is 2.42. The van der Waals surface area contributed by atoms with E-state index in [0.29, 0.717) is 12.4 Å². The quantitative estimate of drug-likeness (QED) is 0.783. The summed E-state index contributed by atoms with van der Waals surface area (Å²) in [6.45, 7) is 2.69. The molecule has 6 heteroatoms.